The van der Waals surface area contributed by atoms with E-state index in [2.05, 4.69) is 50.9 Å². The Bertz CT molecular complexity index is 337. The zero-order chi connectivity index (χ0) is 12.3. The molecule has 2 N–H and O–H groups in total. The highest BCUT2D eigenvalue weighted by atomic mass is 15.1. The van der Waals surface area contributed by atoms with E-state index < -0.39 is 0 Å². The summed E-state index contributed by atoms with van der Waals surface area (Å²) in [6, 6.07) is 8.45. The third-order valence-corrected chi connectivity index (χ3v) is 2.55. The molecule has 0 aromatic heterocycles. The predicted octanol–water partition coefficient (Wildman–Crippen LogP) is 3.19. The maximum Gasteiger partial charge on any atom is 0.0412 e. The van der Waals surface area contributed by atoms with E-state index in [-0.39, 0.29) is 6.04 Å². The van der Waals surface area contributed by atoms with E-state index in [0.29, 0.717) is 5.41 Å². The van der Waals surface area contributed by atoms with Gasteiger partial charge in [-0.05, 0) is 24.0 Å². The summed E-state index contributed by atoms with van der Waals surface area (Å²) in [6.07, 6.45) is 0. The molecule has 0 spiro atoms. The van der Waals surface area contributed by atoms with E-state index in [1.807, 2.05) is 13.0 Å². The monoisotopic (exact) mass is 220 g/mol. The second-order valence-corrected chi connectivity index (χ2v) is 5.76. The van der Waals surface area contributed by atoms with Crippen molar-refractivity contribution in [1.29, 1.82) is 0 Å². The number of para-hydroxylation sites is 1. The minimum atomic E-state index is 0.0821. The Morgan fingerprint density at radius 1 is 1.25 bits per heavy atom. The number of anilines is 1. The van der Waals surface area contributed by atoms with Crippen LogP contribution in [0.4, 0.5) is 5.69 Å². The Morgan fingerprint density at radius 2 is 1.81 bits per heavy atom. The number of rotatable bonds is 3. The second-order valence-electron chi connectivity index (χ2n) is 5.76. The zero-order valence-corrected chi connectivity index (χ0v) is 11.1. The van der Waals surface area contributed by atoms with Crippen LogP contribution in [-0.2, 0) is 0 Å². The standard InChI is InChI=1S/C14H24N2/c1-11(15)12-8-6-7-9-13(12)16(5)10-14(2,3)4/h6-9,11H,10,15H2,1-5H3/t11-/m0/s1. The molecule has 0 amide bonds. The van der Waals surface area contributed by atoms with Crippen molar-refractivity contribution in [2.24, 2.45) is 11.1 Å². The summed E-state index contributed by atoms with van der Waals surface area (Å²) in [5.41, 5.74) is 8.74. The normalized spacial score (nSPS) is 13.6. The molecule has 0 unspecified atom stereocenters. The minimum Gasteiger partial charge on any atom is -0.374 e. The quantitative estimate of drug-likeness (QED) is 0.847. The van der Waals surface area contributed by atoms with Crippen LogP contribution in [0.1, 0.15) is 39.3 Å². The maximum absolute atomic E-state index is 5.99. The molecule has 1 aromatic rings. The molecule has 1 aromatic carbocycles. The third-order valence-electron chi connectivity index (χ3n) is 2.55. The molecule has 0 aliphatic rings. The fourth-order valence-electron chi connectivity index (χ4n) is 2.02. The van der Waals surface area contributed by atoms with Gasteiger partial charge in [-0.15, -0.1) is 0 Å². The first kappa shape index (κ1) is 13.0. The fourth-order valence-corrected chi connectivity index (χ4v) is 2.02. The first-order valence-corrected chi connectivity index (χ1v) is 5.87. The van der Waals surface area contributed by atoms with Crippen molar-refractivity contribution in [3.63, 3.8) is 0 Å². The lowest BCUT2D eigenvalue weighted by atomic mass is 9.95. The highest BCUT2D eigenvalue weighted by Gasteiger charge is 2.16. The summed E-state index contributed by atoms with van der Waals surface area (Å²) in [7, 11) is 2.13. The summed E-state index contributed by atoms with van der Waals surface area (Å²) in [5, 5.41) is 0. The van der Waals surface area contributed by atoms with Crippen molar-refractivity contribution < 1.29 is 0 Å². The van der Waals surface area contributed by atoms with Crippen LogP contribution in [0.15, 0.2) is 24.3 Å². The van der Waals surface area contributed by atoms with Crippen LogP contribution >= 0.6 is 0 Å². The highest BCUT2D eigenvalue weighted by Crippen LogP contribution is 2.26. The van der Waals surface area contributed by atoms with Gasteiger partial charge in [-0.3, -0.25) is 0 Å². The zero-order valence-electron chi connectivity index (χ0n) is 11.1. The predicted molar refractivity (Wildman–Crippen MR) is 71.8 cm³/mol. The van der Waals surface area contributed by atoms with Gasteiger partial charge in [0.2, 0.25) is 0 Å². The average Bonchev–Trinajstić information content (AvgIpc) is 2.15. The Balaban J connectivity index is 2.95. The van der Waals surface area contributed by atoms with Gasteiger partial charge in [-0.1, -0.05) is 39.0 Å². The lowest BCUT2D eigenvalue weighted by Gasteiger charge is -2.30. The van der Waals surface area contributed by atoms with Crippen LogP contribution < -0.4 is 10.6 Å². The Morgan fingerprint density at radius 3 is 2.31 bits per heavy atom. The fraction of sp³-hybridized carbons (Fsp3) is 0.571. The van der Waals surface area contributed by atoms with Crippen LogP contribution in [-0.4, -0.2) is 13.6 Å². The summed E-state index contributed by atoms with van der Waals surface area (Å²) < 4.78 is 0. The molecule has 2 heteroatoms. The lowest BCUT2D eigenvalue weighted by Crippen LogP contribution is -2.30. The number of benzene rings is 1. The van der Waals surface area contributed by atoms with Crippen LogP contribution in [0.2, 0.25) is 0 Å². The van der Waals surface area contributed by atoms with Crippen LogP contribution in [0.5, 0.6) is 0 Å². The van der Waals surface area contributed by atoms with E-state index >= 15 is 0 Å². The number of hydrogen-bond donors (Lipinski definition) is 1. The van der Waals surface area contributed by atoms with Gasteiger partial charge >= 0.3 is 0 Å². The molecular formula is C14H24N2. The molecule has 1 atom stereocenters. The van der Waals surface area contributed by atoms with E-state index in [0.717, 1.165) is 6.54 Å². The van der Waals surface area contributed by atoms with Crippen molar-refractivity contribution in [2.45, 2.75) is 33.7 Å². The number of hydrogen-bond acceptors (Lipinski definition) is 2. The van der Waals surface area contributed by atoms with Gasteiger partial charge in [0.05, 0.1) is 0 Å². The van der Waals surface area contributed by atoms with Gasteiger partial charge in [-0.25, -0.2) is 0 Å². The van der Waals surface area contributed by atoms with Crippen molar-refractivity contribution in [3.05, 3.63) is 29.8 Å². The molecule has 0 radical (unpaired) electrons. The van der Waals surface area contributed by atoms with Gasteiger partial charge in [0.1, 0.15) is 0 Å². The second kappa shape index (κ2) is 4.88. The number of nitrogens with zero attached hydrogens (tertiary/aromatic N) is 1. The average molecular weight is 220 g/mol. The molecule has 0 saturated heterocycles. The molecule has 0 bridgehead atoms. The van der Waals surface area contributed by atoms with Crippen LogP contribution in [0.3, 0.4) is 0 Å². The maximum atomic E-state index is 5.99. The topological polar surface area (TPSA) is 29.3 Å². The molecule has 2 nitrogen and oxygen atoms in total. The molecule has 90 valence electrons. The Kier molecular flexibility index (Phi) is 3.98. The van der Waals surface area contributed by atoms with E-state index in [4.69, 9.17) is 5.73 Å². The molecule has 1 rings (SSSR count). The Hall–Kier alpha value is -1.02. The molecule has 0 fully saturated rings. The molecule has 0 heterocycles. The molecular weight excluding hydrogens is 196 g/mol. The molecule has 16 heavy (non-hydrogen) atoms. The highest BCUT2D eigenvalue weighted by molar-refractivity contribution is 5.54. The summed E-state index contributed by atoms with van der Waals surface area (Å²) in [5.74, 6) is 0. The Labute approximate surface area is 99.5 Å². The third kappa shape index (κ3) is 3.53. The van der Waals surface area contributed by atoms with Gasteiger partial charge in [0.25, 0.3) is 0 Å². The van der Waals surface area contributed by atoms with Gasteiger partial charge in [0, 0.05) is 25.3 Å². The van der Waals surface area contributed by atoms with Gasteiger partial charge < -0.3 is 10.6 Å². The lowest BCUT2D eigenvalue weighted by molar-refractivity contribution is 0.418. The van der Waals surface area contributed by atoms with Crippen molar-refractivity contribution >= 4 is 5.69 Å². The van der Waals surface area contributed by atoms with E-state index in [1.54, 1.807) is 0 Å². The van der Waals surface area contributed by atoms with Crippen molar-refractivity contribution in [1.82, 2.24) is 0 Å². The van der Waals surface area contributed by atoms with Gasteiger partial charge in [-0.2, -0.15) is 0 Å². The molecule has 0 aliphatic heterocycles. The molecule has 0 aliphatic carbocycles. The SMILES string of the molecule is C[C@H](N)c1ccccc1N(C)CC(C)(C)C. The van der Waals surface area contributed by atoms with Crippen molar-refractivity contribution in [3.8, 4) is 0 Å². The van der Waals surface area contributed by atoms with E-state index in [1.165, 1.54) is 11.3 Å². The van der Waals surface area contributed by atoms with Crippen molar-refractivity contribution in [2.75, 3.05) is 18.5 Å². The first-order chi connectivity index (χ1) is 7.31. The van der Waals surface area contributed by atoms with Crippen LogP contribution in [0.25, 0.3) is 0 Å². The van der Waals surface area contributed by atoms with Gasteiger partial charge in [0.15, 0.2) is 0 Å². The summed E-state index contributed by atoms with van der Waals surface area (Å²) in [4.78, 5) is 2.29. The first-order valence-electron chi connectivity index (χ1n) is 5.87. The molecule has 0 saturated carbocycles. The minimum absolute atomic E-state index is 0.0821. The summed E-state index contributed by atoms with van der Waals surface area (Å²) in [6.45, 7) is 9.80. The van der Waals surface area contributed by atoms with E-state index in [9.17, 15) is 0 Å². The largest absolute Gasteiger partial charge is 0.374 e. The smallest absolute Gasteiger partial charge is 0.0412 e. The van der Waals surface area contributed by atoms with Crippen LogP contribution in [0, 0.1) is 5.41 Å². The summed E-state index contributed by atoms with van der Waals surface area (Å²) >= 11 is 0. The number of nitrogens with two attached hydrogens (primary N) is 1.